The molecule has 18 heavy (non-hydrogen) atoms. The molecule has 0 aromatic heterocycles. The van der Waals surface area contributed by atoms with Gasteiger partial charge in [0.15, 0.2) is 5.78 Å². The number of hydrogen-bond acceptors (Lipinski definition) is 2. The first-order chi connectivity index (χ1) is 8.71. The van der Waals surface area contributed by atoms with Crippen molar-refractivity contribution in [2.24, 2.45) is 0 Å². The van der Waals surface area contributed by atoms with Gasteiger partial charge in [-0.15, -0.1) is 0 Å². The van der Waals surface area contributed by atoms with Gasteiger partial charge in [0.1, 0.15) is 5.60 Å². The zero-order chi connectivity index (χ0) is 12.6. The molecule has 2 aliphatic rings. The Morgan fingerprint density at radius 1 is 1.28 bits per heavy atom. The van der Waals surface area contributed by atoms with Gasteiger partial charge in [0.2, 0.25) is 0 Å². The van der Waals surface area contributed by atoms with Crippen LogP contribution in [0.15, 0.2) is 24.3 Å². The largest absolute Gasteiger partial charge is 0.367 e. The molecule has 1 aromatic rings. The summed E-state index contributed by atoms with van der Waals surface area (Å²) in [5.74, 6) is 0.776. The van der Waals surface area contributed by atoms with Crippen molar-refractivity contribution < 1.29 is 9.53 Å². The van der Waals surface area contributed by atoms with Gasteiger partial charge in [-0.1, -0.05) is 30.7 Å². The van der Waals surface area contributed by atoms with E-state index in [1.54, 1.807) is 0 Å². The first-order valence-corrected chi connectivity index (χ1v) is 6.98. The van der Waals surface area contributed by atoms with E-state index in [0.717, 1.165) is 18.4 Å². The lowest BCUT2D eigenvalue weighted by molar-refractivity contribution is 0.0212. The highest BCUT2D eigenvalue weighted by molar-refractivity contribution is 6.03. The lowest BCUT2D eigenvalue weighted by atomic mass is 9.76. The number of ether oxygens (including phenoxy) is 1. The van der Waals surface area contributed by atoms with Crippen molar-refractivity contribution in [2.45, 2.75) is 50.5 Å². The SMILES string of the molecule is CC1(C(=O)c2ccccc2C2CCC2)CCCO1. The molecule has 96 valence electrons. The molecule has 1 heterocycles. The molecular formula is C16H20O2. The molecule has 1 saturated heterocycles. The number of Topliss-reactive ketones (excluding diaryl/α,β-unsaturated/α-hetero) is 1. The average Bonchev–Trinajstić information content (AvgIpc) is 2.75. The molecular weight excluding hydrogens is 224 g/mol. The highest BCUT2D eigenvalue weighted by Crippen LogP contribution is 2.39. The normalized spacial score (nSPS) is 28.1. The van der Waals surface area contributed by atoms with E-state index in [4.69, 9.17) is 4.74 Å². The van der Waals surface area contributed by atoms with Crippen LogP contribution >= 0.6 is 0 Å². The van der Waals surface area contributed by atoms with Crippen LogP contribution in [-0.4, -0.2) is 18.0 Å². The summed E-state index contributed by atoms with van der Waals surface area (Å²) >= 11 is 0. The Hall–Kier alpha value is -1.15. The second-order valence-electron chi connectivity index (χ2n) is 5.73. The van der Waals surface area contributed by atoms with E-state index < -0.39 is 5.60 Å². The zero-order valence-electron chi connectivity index (χ0n) is 10.9. The van der Waals surface area contributed by atoms with Gasteiger partial charge in [0.05, 0.1) is 0 Å². The standard InChI is InChI=1S/C16H20O2/c1-16(10-5-11-18-16)15(17)14-9-3-2-8-13(14)12-6-4-7-12/h2-3,8-9,12H,4-7,10-11H2,1H3. The van der Waals surface area contributed by atoms with Crippen LogP contribution in [-0.2, 0) is 4.74 Å². The van der Waals surface area contributed by atoms with Gasteiger partial charge in [-0.2, -0.15) is 0 Å². The second kappa shape index (κ2) is 4.51. The van der Waals surface area contributed by atoms with E-state index in [2.05, 4.69) is 6.07 Å². The lowest BCUT2D eigenvalue weighted by Crippen LogP contribution is -2.35. The van der Waals surface area contributed by atoms with E-state index in [1.165, 1.54) is 24.8 Å². The van der Waals surface area contributed by atoms with Gasteiger partial charge in [-0.05, 0) is 44.1 Å². The van der Waals surface area contributed by atoms with Crippen LogP contribution in [0.3, 0.4) is 0 Å². The quantitative estimate of drug-likeness (QED) is 0.758. The molecule has 0 amide bonds. The molecule has 2 fully saturated rings. The van der Waals surface area contributed by atoms with E-state index in [9.17, 15) is 4.79 Å². The number of carbonyl (C=O) groups excluding carboxylic acids is 1. The van der Waals surface area contributed by atoms with Crippen molar-refractivity contribution in [3.05, 3.63) is 35.4 Å². The molecule has 2 nitrogen and oxygen atoms in total. The minimum absolute atomic E-state index is 0.183. The fourth-order valence-electron chi connectivity index (χ4n) is 3.02. The van der Waals surface area contributed by atoms with E-state index >= 15 is 0 Å². The average molecular weight is 244 g/mol. The molecule has 0 N–H and O–H groups in total. The molecule has 1 aromatic carbocycles. The zero-order valence-corrected chi connectivity index (χ0v) is 10.9. The highest BCUT2D eigenvalue weighted by Gasteiger charge is 2.39. The first kappa shape index (κ1) is 11.9. The summed E-state index contributed by atoms with van der Waals surface area (Å²) in [5, 5.41) is 0. The van der Waals surface area contributed by atoms with Crippen molar-refractivity contribution in [1.82, 2.24) is 0 Å². The molecule has 2 heteroatoms. The molecule has 0 bridgehead atoms. The Balaban J connectivity index is 1.93. The molecule has 0 radical (unpaired) electrons. The number of carbonyl (C=O) groups is 1. The Morgan fingerprint density at radius 3 is 2.67 bits per heavy atom. The summed E-state index contributed by atoms with van der Waals surface area (Å²) in [7, 11) is 0. The van der Waals surface area contributed by atoms with Gasteiger partial charge >= 0.3 is 0 Å². The molecule has 1 unspecified atom stereocenters. The van der Waals surface area contributed by atoms with Crippen molar-refractivity contribution in [1.29, 1.82) is 0 Å². The summed E-state index contributed by atoms with van der Waals surface area (Å²) in [5.41, 5.74) is 1.55. The van der Waals surface area contributed by atoms with Gasteiger partial charge in [-0.25, -0.2) is 0 Å². The van der Waals surface area contributed by atoms with E-state index in [-0.39, 0.29) is 5.78 Å². The number of rotatable bonds is 3. The fourth-order valence-corrected chi connectivity index (χ4v) is 3.02. The highest BCUT2D eigenvalue weighted by atomic mass is 16.5. The van der Waals surface area contributed by atoms with E-state index in [0.29, 0.717) is 12.5 Å². The topological polar surface area (TPSA) is 26.3 Å². The van der Waals surface area contributed by atoms with Crippen LogP contribution in [0.4, 0.5) is 0 Å². The maximum absolute atomic E-state index is 12.7. The Labute approximate surface area is 108 Å². The monoisotopic (exact) mass is 244 g/mol. The molecule has 1 aliphatic carbocycles. The van der Waals surface area contributed by atoms with Gasteiger partial charge in [0, 0.05) is 12.2 Å². The third kappa shape index (κ3) is 1.89. The molecule has 1 saturated carbocycles. The van der Waals surface area contributed by atoms with Gasteiger partial charge < -0.3 is 4.74 Å². The third-order valence-corrected chi connectivity index (χ3v) is 4.45. The maximum Gasteiger partial charge on any atom is 0.194 e. The van der Waals surface area contributed by atoms with Crippen molar-refractivity contribution in [3.8, 4) is 0 Å². The third-order valence-electron chi connectivity index (χ3n) is 4.45. The second-order valence-corrected chi connectivity index (χ2v) is 5.73. The predicted octanol–water partition coefficient (Wildman–Crippen LogP) is 3.71. The number of hydrogen-bond donors (Lipinski definition) is 0. The molecule has 1 aliphatic heterocycles. The molecule has 1 atom stereocenters. The number of benzene rings is 1. The molecule has 3 rings (SSSR count). The van der Waals surface area contributed by atoms with Crippen LogP contribution in [0.25, 0.3) is 0 Å². The van der Waals surface area contributed by atoms with Gasteiger partial charge in [-0.3, -0.25) is 4.79 Å². The lowest BCUT2D eigenvalue weighted by Gasteiger charge is -2.30. The summed E-state index contributed by atoms with van der Waals surface area (Å²) in [6.45, 7) is 2.66. The van der Waals surface area contributed by atoms with Crippen LogP contribution < -0.4 is 0 Å². The smallest absolute Gasteiger partial charge is 0.194 e. The van der Waals surface area contributed by atoms with Crippen molar-refractivity contribution in [2.75, 3.05) is 6.61 Å². The van der Waals surface area contributed by atoms with Crippen LogP contribution in [0.5, 0.6) is 0 Å². The Kier molecular flexibility index (Phi) is 2.98. The predicted molar refractivity (Wildman–Crippen MR) is 71.0 cm³/mol. The van der Waals surface area contributed by atoms with Crippen molar-refractivity contribution >= 4 is 5.78 Å². The fraction of sp³-hybridized carbons (Fsp3) is 0.562. The van der Waals surface area contributed by atoms with Gasteiger partial charge in [0.25, 0.3) is 0 Å². The number of ketones is 1. The minimum Gasteiger partial charge on any atom is -0.367 e. The minimum atomic E-state index is -0.583. The van der Waals surface area contributed by atoms with E-state index in [1.807, 2.05) is 25.1 Å². The summed E-state index contributed by atoms with van der Waals surface area (Å²) in [6, 6.07) is 8.11. The Morgan fingerprint density at radius 2 is 2.06 bits per heavy atom. The van der Waals surface area contributed by atoms with Crippen LogP contribution in [0.1, 0.15) is 60.9 Å². The maximum atomic E-state index is 12.7. The summed E-state index contributed by atoms with van der Waals surface area (Å²) in [4.78, 5) is 12.7. The van der Waals surface area contributed by atoms with Crippen LogP contribution in [0.2, 0.25) is 0 Å². The van der Waals surface area contributed by atoms with Crippen LogP contribution in [0, 0.1) is 0 Å². The summed E-state index contributed by atoms with van der Waals surface area (Å²) < 4.78 is 5.69. The Bertz CT molecular complexity index is 454. The first-order valence-electron chi connectivity index (χ1n) is 6.98. The van der Waals surface area contributed by atoms with Crippen molar-refractivity contribution in [3.63, 3.8) is 0 Å². The molecule has 0 spiro atoms. The summed E-state index contributed by atoms with van der Waals surface area (Å²) in [6.07, 6.45) is 5.59.